The highest BCUT2D eigenvalue weighted by Gasteiger charge is 2.13. The summed E-state index contributed by atoms with van der Waals surface area (Å²) in [6.45, 7) is 0. The predicted molar refractivity (Wildman–Crippen MR) is 123 cm³/mol. The average Bonchev–Trinajstić information content (AvgIpc) is 3.29. The summed E-state index contributed by atoms with van der Waals surface area (Å²) in [6.07, 6.45) is 1.10. The number of sulfonamides is 1. The third-order valence-electron chi connectivity index (χ3n) is 4.05. The Kier molecular flexibility index (Phi) is 5.35. The van der Waals surface area contributed by atoms with E-state index in [0.29, 0.717) is 21.3 Å². The number of carbonyl (C=O) groups is 1. The summed E-state index contributed by atoms with van der Waals surface area (Å²) in [6, 6.07) is 14.4. The number of anilines is 2. The second-order valence-electron chi connectivity index (χ2n) is 6.43. The highest BCUT2D eigenvalue weighted by atomic mass is 35.5. The minimum atomic E-state index is -3.36. The first-order chi connectivity index (χ1) is 13.8. The van der Waals surface area contributed by atoms with Gasteiger partial charge in [0.25, 0.3) is 5.91 Å². The van der Waals surface area contributed by atoms with E-state index < -0.39 is 10.0 Å². The number of amides is 1. The van der Waals surface area contributed by atoms with Crippen molar-refractivity contribution in [1.82, 2.24) is 0 Å². The van der Waals surface area contributed by atoms with Crippen molar-refractivity contribution in [2.75, 3.05) is 16.3 Å². The maximum Gasteiger partial charge on any atom is 0.265 e. The first-order valence-corrected chi connectivity index (χ1v) is 12.5. The van der Waals surface area contributed by atoms with Gasteiger partial charge in [0.05, 0.1) is 11.1 Å². The lowest BCUT2D eigenvalue weighted by molar-refractivity contribution is 0.103. The molecule has 2 N–H and O–H groups in total. The summed E-state index contributed by atoms with van der Waals surface area (Å²) in [5.74, 6) is -0.248. The lowest BCUT2D eigenvalue weighted by Crippen LogP contribution is -2.10. The Morgan fingerprint density at radius 1 is 1.00 bits per heavy atom. The van der Waals surface area contributed by atoms with Crippen LogP contribution in [0.3, 0.4) is 0 Å². The Morgan fingerprint density at radius 2 is 1.83 bits per heavy atom. The Labute approximate surface area is 181 Å². The largest absolute Gasteiger partial charge is 0.321 e. The minimum Gasteiger partial charge on any atom is -0.321 e. The number of nitrogens with one attached hydrogen (secondary N) is 2. The van der Waals surface area contributed by atoms with E-state index in [1.165, 1.54) is 11.3 Å². The zero-order chi connectivity index (χ0) is 20.6. The molecule has 2 aromatic heterocycles. The number of carbonyl (C=O) groups excluding carboxylic acids is 1. The fourth-order valence-corrected chi connectivity index (χ4v) is 5.28. The molecule has 0 atom stereocenters. The number of thiophene rings is 2. The Morgan fingerprint density at radius 3 is 2.55 bits per heavy atom. The Balaban J connectivity index is 1.59. The highest BCUT2D eigenvalue weighted by molar-refractivity contribution is 7.92. The molecule has 0 aliphatic rings. The molecular formula is C20H15ClN2O3S3. The normalized spacial score (nSPS) is 11.5. The van der Waals surface area contributed by atoms with Crippen LogP contribution in [0, 0.1) is 0 Å². The smallest absolute Gasteiger partial charge is 0.265 e. The van der Waals surface area contributed by atoms with Crippen molar-refractivity contribution in [2.45, 2.75) is 0 Å². The van der Waals surface area contributed by atoms with E-state index in [9.17, 15) is 13.2 Å². The van der Waals surface area contributed by atoms with Gasteiger partial charge in [-0.25, -0.2) is 8.42 Å². The zero-order valence-corrected chi connectivity index (χ0v) is 18.3. The molecule has 4 aromatic rings. The maximum atomic E-state index is 12.8. The van der Waals surface area contributed by atoms with E-state index in [2.05, 4.69) is 10.0 Å². The molecule has 29 heavy (non-hydrogen) atoms. The minimum absolute atomic E-state index is 0.248. The van der Waals surface area contributed by atoms with Gasteiger partial charge in [0.1, 0.15) is 0 Å². The monoisotopic (exact) mass is 462 g/mol. The molecule has 2 heterocycles. The number of halogens is 1. The molecule has 0 radical (unpaired) electrons. The highest BCUT2D eigenvalue weighted by Crippen LogP contribution is 2.31. The molecular weight excluding hydrogens is 448 g/mol. The molecule has 148 valence electrons. The molecule has 0 fully saturated rings. The van der Waals surface area contributed by atoms with E-state index in [4.69, 9.17) is 11.6 Å². The van der Waals surface area contributed by atoms with Gasteiger partial charge in [-0.15, -0.1) is 11.3 Å². The van der Waals surface area contributed by atoms with Crippen LogP contribution in [0.4, 0.5) is 11.4 Å². The number of rotatable bonds is 5. The summed E-state index contributed by atoms with van der Waals surface area (Å²) in [5.41, 5.74) is 3.04. The van der Waals surface area contributed by atoms with Gasteiger partial charge < -0.3 is 5.32 Å². The Bertz CT molecular complexity index is 1310. The molecule has 0 aliphatic carbocycles. The topological polar surface area (TPSA) is 75.3 Å². The predicted octanol–water partition coefficient (Wildman–Crippen LogP) is 5.91. The van der Waals surface area contributed by atoms with Crippen molar-refractivity contribution in [3.63, 3.8) is 0 Å². The lowest BCUT2D eigenvalue weighted by Gasteiger charge is -2.07. The van der Waals surface area contributed by atoms with Crippen molar-refractivity contribution < 1.29 is 13.2 Å². The van der Waals surface area contributed by atoms with E-state index in [1.807, 2.05) is 29.0 Å². The van der Waals surface area contributed by atoms with Gasteiger partial charge in [-0.1, -0.05) is 11.6 Å². The van der Waals surface area contributed by atoms with Gasteiger partial charge in [-0.2, -0.15) is 11.3 Å². The number of hydrogen-bond acceptors (Lipinski definition) is 5. The van der Waals surface area contributed by atoms with Gasteiger partial charge in [-0.05, 0) is 75.8 Å². The fourth-order valence-electron chi connectivity index (χ4n) is 2.88. The second kappa shape index (κ2) is 7.79. The molecule has 1 amide bonds. The van der Waals surface area contributed by atoms with Gasteiger partial charge in [-0.3, -0.25) is 9.52 Å². The van der Waals surface area contributed by atoms with Gasteiger partial charge in [0.15, 0.2) is 0 Å². The third-order valence-corrected chi connectivity index (χ3v) is 6.68. The molecule has 9 heteroatoms. The third kappa shape index (κ3) is 4.79. The number of benzene rings is 2. The van der Waals surface area contributed by atoms with Crippen LogP contribution in [0.1, 0.15) is 9.67 Å². The van der Waals surface area contributed by atoms with Crippen molar-refractivity contribution in [1.29, 1.82) is 0 Å². The van der Waals surface area contributed by atoms with Crippen LogP contribution in [0.2, 0.25) is 5.02 Å². The SMILES string of the molecule is CS(=O)(=O)Nc1ccc2sc(C(=O)Nc3cc(Cl)cc(-c4ccsc4)c3)cc2c1. The van der Waals surface area contributed by atoms with Crippen molar-refractivity contribution in [3.05, 3.63) is 69.2 Å². The number of hydrogen-bond donors (Lipinski definition) is 2. The lowest BCUT2D eigenvalue weighted by atomic mass is 10.1. The summed E-state index contributed by atoms with van der Waals surface area (Å²) in [4.78, 5) is 13.3. The quantitative estimate of drug-likeness (QED) is 0.387. The fraction of sp³-hybridized carbons (Fsp3) is 0.0500. The molecule has 0 saturated carbocycles. The second-order valence-corrected chi connectivity index (χ2v) is 10.5. The van der Waals surface area contributed by atoms with Crippen LogP contribution in [-0.2, 0) is 10.0 Å². The van der Waals surface area contributed by atoms with Crippen LogP contribution in [-0.4, -0.2) is 20.6 Å². The molecule has 0 bridgehead atoms. The van der Waals surface area contributed by atoms with Crippen molar-refractivity contribution in [2.24, 2.45) is 0 Å². The average molecular weight is 463 g/mol. The molecule has 4 rings (SSSR count). The van der Waals surface area contributed by atoms with Crippen LogP contribution in [0.5, 0.6) is 0 Å². The summed E-state index contributed by atoms with van der Waals surface area (Å²) >= 11 is 9.16. The summed E-state index contributed by atoms with van der Waals surface area (Å²) in [5, 5.41) is 8.23. The van der Waals surface area contributed by atoms with E-state index in [0.717, 1.165) is 27.5 Å². The molecule has 0 unspecified atom stereocenters. The van der Waals surface area contributed by atoms with Gasteiger partial charge in [0.2, 0.25) is 10.0 Å². The van der Waals surface area contributed by atoms with Crippen molar-refractivity contribution >= 4 is 71.7 Å². The van der Waals surface area contributed by atoms with Crippen LogP contribution >= 0.6 is 34.3 Å². The summed E-state index contributed by atoms with van der Waals surface area (Å²) in [7, 11) is -3.36. The van der Waals surface area contributed by atoms with E-state index >= 15 is 0 Å². The van der Waals surface area contributed by atoms with Gasteiger partial charge >= 0.3 is 0 Å². The first-order valence-electron chi connectivity index (χ1n) is 8.43. The molecule has 0 aliphatic heterocycles. The summed E-state index contributed by atoms with van der Waals surface area (Å²) < 4.78 is 26.1. The van der Waals surface area contributed by atoms with Crippen LogP contribution in [0.15, 0.2) is 59.3 Å². The van der Waals surface area contributed by atoms with Gasteiger partial charge in [0, 0.05) is 21.1 Å². The standard InChI is InChI=1S/C20H15ClN2O3S3/c1-29(25,26)23-16-2-3-18-14(8-16)9-19(28-18)20(24)22-17-7-13(6-15(21)10-17)12-4-5-27-11-12/h2-11,23H,1H3,(H,22,24). The van der Waals surface area contributed by atoms with E-state index in [1.54, 1.807) is 41.7 Å². The number of fused-ring (bicyclic) bond motifs is 1. The van der Waals surface area contributed by atoms with Crippen LogP contribution in [0.25, 0.3) is 21.2 Å². The molecule has 2 aromatic carbocycles. The van der Waals surface area contributed by atoms with E-state index in [-0.39, 0.29) is 5.91 Å². The molecule has 0 saturated heterocycles. The molecule has 0 spiro atoms. The van der Waals surface area contributed by atoms with Crippen LogP contribution < -0.4 is 10.0 Å². The zero-order valence-electron chi connectivity index (χ0n) is 15.1. The maximum absolute atomic E-state index is 12.8. The Hall–Kier alpha value is -2.39. The first kappa shape index (κ1) is 19.9. The molecule has 5 nitrogen and oxygen atoms in total. The van der Waals surface area contributed by atoms with Crippen molar-refractivity contribution in [3.8, 4) is 11.1 Å².